The van der Waals surface area contributed by atoms with Gasteiger partial charge >= 0.3 is 0 Å². The Hall–Kier alpha value is -3.02. The van der Waals surface area contributed by atoms with Crippen molar-refractivity contribution >= 4 is 6.08 Å². The molecular weight excluding hydrogens is 406 g/mol. The quantitative estimate of drug-likeness (QED) is 0.558. The predicted octanol–water partition coefficient (Wildman–Crippen LogP) is 5.28. The van der Waals surface area contributed by atoms with Crippen LogP contribution in [-0.2, 0) is 6.61 Å². The van der Waals surface area contributed by atoms with Crippen molar-refractivity contribution in [2.45, 2.75) is 12.6 Å². The largest absolute Gasteiger partial charge is 0.488 e. The molecule has 1 unspecified atom stereocenters. The second kappa shape index (κ2) is 9.23. The van der Waals surface area contributed by atoms with E-state index in [0.29, 0.717) is 5.75 Å². The molecule has 5 rings (SSSR count). The van der Waals surface area contributed by atoms with Crippen LogP contribution in [0.15, 0.2) is 72.8 Å². The van der Waals surface area contributed by atoms with Crippen molar-refractivity contribution in [3.8, 4) is 5.75 Å². The average molecular weight is 433 g/mol. The van der Waals surface area contributed by atoms with E-state index in [-0.39, 0.29) is 24.3 Å². The number of fused-ring (bicyclic) bond motifs is 2. The summed E-state index contributed by atoms with van der Waals surface area (Å²) in [6.45, 7) is 4.76. The standard InChI is InChI=1S/C27H26F2N2O/c28-22-8-10-24-21(17-22)19-32-26-18-23(29)9-11-25(26)27(24)31-15-13-30(14-16-31)12-4-7-20-5-2-1-3-6-20/h1-11,17-18,27H,12-16,19H2/b7-4+. The van der Waals surface area contributed by atoms with Gasteiger partial charge in [-0.2, -0.15) is 0 Å². The van der Waals surface area contributed by atoms with E-state index in [1.807, 2.05) is 30.3 Å². The smallest absolute Gasteiger partial charge is 0.127 e. The molecule has 1 atom stereocenters. The molecule has 2 heterocycles. The first kappa shape index (κ1) is 20.9. The maximum Gasteiger partial charge on any atom is 0.127 e. The maximum atomic E-state index is 13.9. The molecule has 2 aliphatic rings. The normalized spacial score (nSPS) is 19.2. The summed E-state index contributed by atoms with van der Waals surface area (Å²) in [6.07, 6.45) is 4.37. The third-order valence-corrected chi connectivity index (χ3v) is 6.30. The van der Waals surface area contributed by atoms with E-state index in [4.69, 9.17) is 4.74 Å². The van der Waals surface area contributed by atoms with Gasteiger partial charge < -0.3 is 4.74 Å². The number of halogens is 2. The van der Waals surface area contributed by atoms with Crippen LogP contribution < -0.4 is 4.74 Å². The summed E-state index contributed by atoms with van der Waals surface area (Å²) in [5.41, 5.74) is 4.00. The summed E-state index contributed by atoms with van der Waals surface area (Å²) in [7, 11) is 0. The number of piperazine rings is 1. The molecular formula is C27H26F2N2O. The second-order valence-corrected chi connectivity index (χ2v) is 8.37. The number of benzene rings is 3. The van der Waals surface area contributed by atoms with Gasteiger partial charge in [-0.05, 0) is 34.9 Å². The van der Waals surface area contributed by atoms with Crippen LogP contribution in [0.4, 0.5) is 8.78 Å². The first-order valence-electron chi connectivity index (χ1n) is 11.1. The summed E-state index contributed by atoms with van der Waals surface area (Å²) in [4.78, 5) is 4.83. The Labute approximate surface area is 187 Å². The first-order valence-corrected chi connectivity index (χ1v) is 11.1. The van der Waals surface area contributed by atoms with Crippen LogP contribution in [0.1, 0.15) is 28.3 Å². The Morgan fingerprint density at radius 3 is 2.34 bits per heavy atom. The highest BCUT2D eigenvalue weighted by atomic mass is 19.1. The molecule has 3 nitrogen and oxygen atoms in total. The molecule has 32 heavy (non-hydrogen) atoms. The molecule has 3 aromatic carbocycles. The highest BCUT2D eigenvalue weighted by Gasteiger charge is 2.32. The van der Waals surface area contributed by atoms with Crippen molar-refractivity contribution in [1.82, 2.24) is 9.80 Å². The minimum Gasteiger partial charge on any atom is -0.488 e. The van der Waals surface area contributed by atoms with Gasteiger partial charge in [0.2, 0.25) is 0 Å². The van der Waals surface area contributed by atoms with Crippen molar-refractivity contribution in [2.75, 3.05) is 32.7 Å². The van der Waals surface area contributed by atoms with Crippen LogP contribution >= 0.6 is 0 Å². The van der Waals surface area contributed by atoms with E-state index in [1.165, 1.54) is 29.8 Å². The van der Waals surface area contributed by atoms with Crippen molar-refractivity contribution < 1.29 is 13.5 Å². The molecule has 164 valence electrons. The third-order valence-electron chi connectivity index (χ3n) is 6.30. The number of ether oxygens (including phenoxy) is 1. The molecule has 1 fully saturated rings. The molecule has 0 bridgehead atoms. The minimum absolute atomic E-state index is 0.0780. The SMILES string of the molecule is Fc1ccc2c(c1)COc1cc(F)ccc1C2N1CCN(C/C=C/c2ccccc2)CC1. The molecule has 0 spiro atoms. The van der Waals surface area contributed by atoms with Gasteiger partial charge in [-0.25, -0.2) is 8.78 Å². The highest BCUT2D eigenvalue weighted by Crippen LogP contribution is 2.40. The zero-order valence-corrected chi connectivity index (χ0v) is 17.9. The monoisotopic (exact) mass is 432 g/mol. The molecule has 0 aliphatic carbocycles. The molecule has 0 aromatic heterocycles. The highest BCUT2D eigenvalue weighted by molar-refractivity contribution is 5.49. The van der Waals surface area contributed by atoms with E-state index in [0.717, 1.165) is 49.4 Å². The summed E-state index contributed by atoms with van der Waals surface area (Å²) in [6, 6.07) is 19.9. The topological polar surface area (TPSA) is 15.7 Å². The Kier molecular flexibility index (Phi) is 6.02. The van der Waals surface area contributed by atoms with Crippen LogP contribution in [0.25, 0.3) is 6.08 Å². The molecule has 1 saturated heterocycles. The predicted molar refractivity (Wildman–Crippen MR) is 122 cm³/mol. The fraction of sp³-hybridized carbons (Fsp3) is 0.259. The summed E-state index contributed by atoms with van der Waals surface area (Å²) >= 11 is 0. The van der Waals surface area contributed by atoms with Crippen molar-refractivity contribution in [3.63, 3.8) is 0 Å². The van der Waals surface area contributed by atoms with Crippen LogP contribution in [0.5, 0.6) is 5.75 Å². The van der Waals surface area contributed by atoms with Crippen LogP contribution in [0.2, 0.25) is 0 Å². The molecule has 3 aromatic rings. The van der Waals surface area contributed by atoms with Gasteiger partial charge in [-0.1, -0.05) is 54.6 Å². The van der Waals surface area contributed by atoms with Crippen molar-refractivity contribution in [2.24, 2.45) is 0 Å². The zero-order valence-electron chi connectivity index (χ0n) is 17.9. The van der Waals surface area contributed by atoms with Gasteiger partial charge in [0, 0.05) is 44.4 Å². The van der Waals surface area contributed by atoms with E-state index in [2.05, 4.69) is 34.1 Å². The first-order chi connectivity index (χ1) is 15.7. The van der Waals surface area contributed by atoms with Gasteiger partial charge in [0.25, 0.3) is 0 Å². The van der Waals surface area contributed by atoms with Gasteiger partial charge in [0.05, 0.1) is 6.04 Å². The van der Waals surface area contributed by atoms with Crippen LogP contribution in [-0.4, -0.2) is 42.5 Å². The summed E-state index contributed by atoms with van der Waals surface area (Å²) in [5, 5.41) is 0. The number of rotatable bonds is 4. The van der Waals surface area contributed by atoms with E-state index >= 15 is 0 Å². The fourth-order valence-corrected chi connectivity index (χ4v) is 4.65. The lowest BCUT2D eigenvalue weighted by atomic mass is 9.93. The molecule has 0 N–H and O–H groups in total. The lowest BCUT2D eigenvalue weighted by Crippen LogP contribution is -2.47. The van der Waals surface area contributed by atoms with Gasteiger partial charge in [-0.3, -0.25) is 9.80 Å². The Balaban J connectivity index is 1.34. The molecule has 5 heteroatoms. The Morgan fingerprint density at radius 2 is 1.56 bits per heavy atom. The van der Waals surface area contributed by atoms with E-state index < -0.39 is 0 Å². The number of hydrogen-bond acceptors (Lipinski definition) is 3. The fourth-order valence-electron chi connectivity index (χ4n) is 4.65. The lowest BCUT2D eigenvalue weighted by Gasteiger charge is -2.39. The van der Waals surface area contributed by atoms with Gasteiger partial charge in [0.1, 0.15) is 24.0 Å². The van der Waals surface area contributed by atoms with Crippen molar-refractivity contribution in [3.05, 3.63) is 107 Å². The molecule has 0 radical (unpaired) electrons. The maximum absolute atomic E-state index is 13.9. The molecule has 2 aliphatic heterocycles. The zero-order chi connectivity index (χ0) is 21.9. The summed E-state index contributed by atoms with van der Waals surface area (Å²) in [5.74, 6) is -0.0623. The average Bonchev–Trinajstić information content (AvgIpc) is 2.96. The van der Waals surface area contributed by atoms with E-state index in [9.17, 15) is 8.78 Å². The lowest BCUT2D eigenvalue weighted by molar-refractivity contribution is 0.117. The Morgan fingerprint density at radius 1 is 0.844 bits per heavy atom. The molecule has 0 saturated carbocycles. The number of nitrogens with zero attached hydrogens (tertiary/aromatic N) is 2. The second-order valence-electron chi connectivity index (χ2n) is 8.37. The molecule has 0 amide bonds. The van der Waals surface area contributed by atoms with Crippen LogP contribution in [0.3, 0.4) is 0 Å². The number of hydrogen-bond donors (Lipinski definition) is 0. The minimum atomic E-state index is -0.324. The summed E-state index contributed by atoms with van der Waals surface area (Å²) < 4.78 is 33.7. The Bertz CT molecular complexity index is 1050. The van der Waals surface area contributed by atoms with Crippen molar-refractivity contribution in [1.29, 1.82) is 0 Å². The third kappa shape index (κ3) is 4.45. The van der Waals surface area contributed by atoms with Gasteiger partial charge in [0.15, 0.2) is 0 Å². The van der Waals surface area contributed by atoms with Gasteiger partial charge in [-0.15, -0.1) is 0 Å². The van der Waals surface area contributed by atoms with E-state index in [1.54, 1.807) is 0 Å². The van der Waals surface area contributed by atoms with Crippen LogP contribution in [0, 0.1) is 11.6 Å².